The third-order valence-electron chi connectivity index (χ3n) is 4.27. The molecule has 148 valence electrons. The standard InChI is InChI=1S/C24H18N2O4/c25-16-15-21(27)26-20-13-11-19(12-14-20)24(29)30-23(18-9-5-2-6-10-18)22(28)17-7-3-1-4-8-17/h1-14,23H,15H2,(H,26,27)/t23-/m0/s1. The fraction of sp³-hybridized carbons (Fsp3) is 0.0833. The van der Waals surface area contributed by atoms with Crippen molar-refractivity contribution in [3.05, 3.63) is 102 Å². The summed E-state index contributed by atoms with van der Waals surface area (Å²) in [6.07, 6.45) is -1.35. The average molecular weight is 398 g/mol. The van der Waals surface area contributed by atoms with Gasteiger partial charge in [-0.05, 0) is 24.3 Å². The lowest BCUT2D eigenvalue weighted by Gasteiger charge is -2.17. The van der Waals surface area contributed by atoms with Crippen LogP contribution in [0.3, 0.4) is 0 Å². The van der Waals surface area contributed by atoms with Crippen LogP contribution >= 0.6 is 0 Å². The molecule has 30 heavy (non-hydrogen) atoms. The topological polar surface area (TPSA) is 96.3 Å². The van der Waals surface area contributed by atoms with Gasteiger partial charge in [-0.2, -0.15) is 5.26 Å². The van der Waals surface area contributed by atoms with E-state index in [2.05, 4.69) is 5.32 Å². The van der Waals surface area contributed by atoms with Crippen molar-refractivity contribution in [3.8, 4) is 6.07 Å². The van der Waals surface area contributed by atoms with Crippen LogP contribution in [0.15, 0.2) is 84.9 Å². The monoisotopic (exact) mass is 398 g/mol. The molecule has 0 aliphatic heterocycles. The van der Waals surface area contributed by atoms with E-state index in [1.165, 1.54) is 24.3 Å². The maximum Gasteiger partial charge on any atom is 0.339 e. The summed E-state index contributed by atoms with van der Waals surface area (Å²) in [6, 6.07) is 25.2. The van der Waals surface area contributed by atoms with Crippen molar-refractivity contribution in [1.82, 2.24) is 0 Å². The van der Waals surface area contributed by atoms with Gasteiger partial charge in [-0.25, -0.2) is 4.79 Å². The lowest BCUT2D eigenvalue weighted by Crippen LogP contribution is -2.20. The third-order valence-corrected chi connectivity index (χ3v) is 4.27. The van der Waals surface area contributed by atoms with Gasteiger partial charge in [0.15, 0.2) is 6.10 Å². The second kappa shape index (κ2) is 9.80. The van der Waals surface area contributed by atoms with E-state index in [4.69, 9.17) is 10.00 Å². The largest absolute Gasteiger partial charge is 0.445 e. The highest BCUT2D eigenvalue weighted by molar-refractivity contribution is 6.02. The molecule has 0 bridgehead atoms. The number of nitrogens with one attached hydrogen (secondary N) is 1. The quantitative estimate of drug-likeness (QED) is 0.472. The summed E-state index contributed by atoms with van der Waals surface area (Å²) < 4.78 is 5.58. The van der Waals surface area contributed by atoms with E-state index in [0.29, 0.717) is 16.8 Å². The molecule has 0 fully saturated rings. The van der Waals surface area contributed by atoms with Crippen LogP contribution in [-0.2, 0) is 9.53 Å². The van der Waals surface area contributed by atoms with Gasteiger partial charge in [0, 0.05) is 16.8 Å². The van der Waals surface area contributed by atoms with Gasteiger partial charge in [0.05, 0.1) is 11.6 Å². The summed E-state index contributed by atoms with van der Waals surface area (Å²) in [7, 11) is 0. The Labute approximate surface area is 173 Å². The smallest absolute Gasteiger partial charge is 0.339 e. The van der Waals surface area contributed by atoms with Crippen molar-refractivity contribution in [2.45, 2.75) is 12.5 Å². The summed E-state index contributed by atoms with van der Waals surface area (Å²) in [5.74, 6) is -1.43. The molecule has 0 aromatic heterocycles. The van der Waals surface area contributed by atoms with Crippen molar-refractivity contribution >= 4 is 23.3 Å². The Morgan fingerprint density at radius 1 is 0.833 bits per heavy atom. The number of hydrogen-bond donors (Lipinski definition) is 1. The van der Waals surface area contributed by atoms with Crippen LogP contribution in [0.4, 0.5) is 5.69 Å². The van der Waals surface area contributed by atoms with E-state index in [1.54, 1.807) is 60.7 Å². The first-order valence-electron chi connectivity index (χ1n) is 9.20. The molecule has 0 saturated heterocycles. The Hall–Kier alpha value is -4.24. The Morgan fingerprint density at radius 2 is 1.43 bits per heavy atom. The molecular formula is C24H18N2O4. The maximum atomic E-state index is 13.0. The average Bonchev–Trinajstić information content (AvgIpc) is 2.78. The van der Waals surface area contributed by atoms with Crippen LogP contribution in [0, 0.1) is 11.3 Å². The molecule has 3 aromatic rings. The number of carbonyl (C=O) groups is 3. The number of esters is 1. The van der Waals surface area contributed by atoms with Crippen LogP contribution < -0.4 is 5.32 Å². The van der Waals surface area contributed by atoms with Crippen molar-refractivity contribution in [2.24, 2.45) is 0 Å². The van der Waals surface area contributed by atoms with Gasteiger partial charge < -0.3 is 10.1 Å². The highest BCUT2D eigenvalue weighted by Crippen LogP contribution is 2.24. The van der Waals surface area contributed by atoms with E-state index in [9.17, 15) is 14.4 Å². The molecular weight excluding hydrogens is 380 g/mol. The number of ether oxygens (including phenoxy) is 1. The predicted octanol–water partition coefficient (Wildman–Crippen LogP) is 4.32. The van der Waals surface area contributed by atoms with Gasteiger partial charge >= 0.3 is 5.97 Å². The van der Waals surface area contributed by atoms with E-state index >= 15 is 0 Å². The fourth-order valence-corrected chi connectivity index (χ4v) is 2.80. The fourth-order valence-electron chi connectivity index (χ4n) is 2.80. The first kappa shape index (κ1) is 20.5. The third kappa shape index (κ3) is 5.18. The number of ketones is 1. The minimum atomic E-state index is -1.09. The number of rotatable bonds is 7. The van der Waals surface area contributed by atoms with E-state index in [0.717, 1.165) is 0 Å². The molecule has 0 unspecified atom stereocenters. The van der Waals surface area contributed by atoms with Gasteiger partial charge in [0.2, 0.25) is 11.7 Å². The van der Waals surface area contributed by atoms with Crippen molar-refractivity contribution in [2.75, 3.05) is 5.32 Å². The molecule has 0 aliphatic rings. The molecule has 0 heterocycles. The van der Waals surface area contributed by atoms with Crippen molar-refractivity contribution in [3.63, 3.8) is 0 Å². The zero-order valence-corrected chi connectivity index (χ0v) is 15.9. The number of Topliss-reactive ketones (excluding diaryl/α,β-unsaturated/α-hetero) is 1. The van der Waals surface area contributed by atoms with Gasteiger partial charge in [-0.3, -0.25) is 9.59 Å². The maximum absolute atomic E-state index is 13.0. The highest BCUT2D eigenvalue weighted by atomic mass is 16.5. The molecule has 0 radical (unpaired) electrons. The van der Waals surface area contributed by atoms with Crippen LogP contribution in [-0.4, -0.2) is 17.7 Å². The number of anilines is 1. The summed E-state index contributed by atoms with van der Waals surface area (Å²) in [6.45, 7) is 0. The number of nitrogens with zero attached hydrogens (tertiary/aromatic N) is 1. The second-order valence-electron chi connectivity index (χ2n) is 6.39. The summed E-state index contributed by atoms with van der Waals surface area (Å²) in [5.41, 5.74) is 1.69. The summed E-state index contributed by atoms with van der Waals surface area (Å²) in [5, 5.41) is 11.1. The predicted molar refractivity (Wildman–Crippen MR) is 111 cm³/mol. The Bertz CT molecular complexity index is 1070. The van der Waals surface area contributed by atoms with Gasteiger partial charge in [-0.15, -0.1) is 0 Å². The minimum Gasteiger partial charge on any atom is -0.445 e. The van der Waals surface area contributed by atoms with Gasteiger partial charge in [-0.1, -0.05) is 60.7 Å². The normalized spacial score (nSPS) is 11.0. The first-order valence-corrected chi connectivity index (χ1v) is 9.20. The highest BCUT2D eigenvalue weighted by Gasteiger charge is 2.26. The molecule has 6 nitrogen and oxygen atoms in total. The van der Waals surface area contributed by atoms with E-state index in [-0.39, 0.29) is 17.8 Å². The van der Waals surface area contributed by atoms with Crippen LogP contribution in [0.1, 0.15) is 38.8 Å². The van der Waals surface area contributed by atoms with Crippen molar-refractivity contribution in [1.29, 1.82) is 5.26 Å². The second-order valence-corrected chi connectivity index (χ2v) is 6.39. The van der Waals surface area contributed by atoms with Crippen LogP contribution in [0.25, 0.3) is 0 Å². The number of benzene rings is 3. The zero-order chi connectivity index (χ0) is 21.3. The van der Waals surface area contributed by atoms with Crippen molar-refractivity contribution < 1.29 is 19.1 Å². The van der Waals surface area contributed by atoms with Crippen LogP contribution in [0.2, 0.25) is 0 Å². The molecule has 0 spiro atoms. The minimum absolute atomic E-state index is 0.232. The first-order chi connectivity index (χ1) is 14.6. The number of amides is 1. The molecule has 3 rings (SSSR count). The molecule has 1 atom stereocenters. The Kier molecular flexibility index (Phi) is 6.70. The molecule has 0 saturated carbocycles. The molecule has 1 amide bonds. The number of nitriles is 1. The lowest BCUT2D eigenvalue weighted by atomic mass is 10.00. The summed E-state index contributed by atoms with van der Waals surface area (Å²) in [4.78, 5) is 37.2. The van der Waals surface area contributed by atoms with E-state index < -0.39 is 18.0 Å². The lowest BCUT2D eigenvalue weighted by molar-refractivity contribution is -0.115. The van der Waals surface area contributed by atoms with Crippen LogP contribution in [0.5, 0.6) is 0 Å². The SMILES string of the molecule is N#CCC(=O)Nc1ccc(C(=O)O[C@H](C(=O)c2ccccc2)c2ccccc2)cc1. The Morgan fingerprint density at radius 3 is 2.03 bits per heavy atom. The van der Waals surface area contributed by atoms with Gasteiger partial charge in [0.25, 0.3) is 0 Å². The molecule has 0 aliphatic carbocycles. The van der Waals surface area contributed by atoms with Gasteiger partial charge in [0.1, 0.15) is 6.42 Å². The molecule has 1 N–H and O–H groups in total. The van der Waals surface area contributed by atoms with E-state index in [1.807, 2.05) is 6.07 Å². The number of hydrogen-bond acceptors (Lipinski definition) is 5. The summed E-state index contributed by atoms with van der Waals surface area (Å²) >= 11 is 0. The zero-order valence-electron chi connectivity index (χ0n) is 15.9. The molecule has 6 heteroatoms. The Balaban J connectivity index is 1.79. The number of carbonyl (C=O) groups excluding carboxylic acids is 3. The molecule has 3 aromatic carbocycles.